The first-order valence-corrected chi connectivity index (χ1v) is 4.47. The second kappa shape index (κ2) is 7.42. The van der Waals surface area contributed by atoms with Crippen LogP contribution < -0.4 is 17.5 Å². The van der Waals surface area contributed by atoms with Gasteiger partial charge in [0.15, 0.2) is 0 Å². The first-order chi connectivity index (χ1) is 4.77. The van der Waals surface area contributed by atoms with Crippen molar-refractivity contribution in [2.45, 2.75) is 57.5 Å². The fourth-order valence-electron chi connectivity index (χ4n) is 1.73. The third kappa shape index (κ3) is 4.90. The van der Waals surface area contributed by atoms with Gasteiger partial charge in [-0.1, -0.05) is 51.9 Å². The average molecular weight is 201 g/mol. The zero-order chi connectivity index (χ0) is 7.45. The maximum Gasteiger partial charge on any atom is 2.00 e. The van der Waals surface area contributed by atoms with E-state index in [1.165, 1.54) is 12.8 Å². The van der Waals surface area contributed by atoms with Crippen LogP contribution in [0.4, 0.5) is 0 Å². The molecule has 1 aliphatic rings. The Balaban J connectivity index is 0. The van der Waals surface area contributed by atoms with E-state index in [0.29, 0.717) is 0 Å². The van der Waals surface area contributed by atoms with Gasteiger partial charge in [0.1, 0.15) is 0 Å². The van der Waals surface area contributed by atoms with Gasteiger partial charge in [0.2, 0.25) is 0 Å². The minimum Gasteiger partial charge on any atom is -1.00 e. The Morgan fingerprint density at radius 1 is 1.08 bits per heavy atom. The number of hydrogen-bond acceptors (Lipinski definition) is 1. The smallest absolute Gasteiger partial charge is 1.00 e. The van der Waals surface area contributed by atoms with Crippen molar-refractivity contribution in [3.8, 4) is 0 Å². The maximum atomic E-state index is 11.7. The van der Waals surface area contributed by atoms with Crippen LogP contribution in [0.25, 0.3) is 0 Å². The van der Waals surface area contributed by atoms with Gasteiger partial charge in [0.25, 0.3) is 0 Å². The average Bonchev–Trinajstić information content (AvgIpc) is 2.15. The van der Waals surface area contributed by atoms with Gasteiger partial charge in [-0.2, -0.15) is 0 Å². The molecule has 1 fully saturated rings. The molecule has 1 aliphatic carbocycles. The molecule has 0 bridgehead atoms. The summed E-state index contributed by atoms with van der Waals surface area (Å²) in [5.74, 6) is 0. The molecule has 0 aromatic carbocycles. The Morgan fingerprint density at radius 2 is 1.50 bits per heavy atom. The van der Waals surface area contributed by atoms with Crippen LogP contribution in [0.1, 0.15) is 51.9 Å². The third-order valence-corrected chi connectivity index (χ3v) is 2.66. The van der Waals surface area contributed by atoms with Crippen molar-refractivity contribution in [2.24, 2.45) is 0 Å². The van der Waals surface area contributed by atoms with E-state index in [1.807, 2.05) is 6.92 Å². The summed E-state index contributed by atoms with van der Waals surface area (Å²) in [6.45, 7) is 2.03. The van der Waals surface area contributed by atoms with Gasteiger partial charge in [-0.3, -0.25) is 0 Å². The van der Waals surface area contributed by atoms with Crippen LogP contribution in [0.3, 0.4) is 0 Å². The van der Waals surface area contributed by atoms with Crippen LogP contribution in [0.15, 0.2) is 0 Å². The zero-order valence-electron chi connectivity index (χ0n) is 7.94. The van der Waals surface area contributed by atoms with E-state index in [-0.39, 0.29) is 35.5 Å². The molecule has 0 aromatic heterocycles. The van der Waals surface area contributed by atoms with Crippen molar-refractivity contribution >= 4 is 23.1 Å². The third-order valence-electron chi connectivity index (χ3n) is 2.66. The first-order valence-electron chi connectivity index (χ1n) is 4.47. The van der Waals surface area contributed by atoms with Crippen LogP contribution in [-0.2, 0) is 0 Å². The van der Waals surface area contributed by atoms with E-state index >= 15 is 0 Å². The quantitative estimate of drug-likeness (QED) is 0.373. The molecule has 0 unspecified atom stereocenters. The standard InChI is InChI=1S/C9H17O.ClH.Mg/c1-2-9(10)7-5-3-4-6-8-9;;/h2-8H2,1H3;1H;/q-1;;+2/p-1. The molecule has 0 N–H and O–H groups in total. The molecular formula is C9H17ClMgO. The van der Waals surface area contributed by atoms with Crippen molar-refractivity contribution in [1.29, 1.82) is 0 Å². The molecule has 0 spiro atoms. The Kier molecular flexibility index (Phi) is 9.58. The summed E-state index contributed by atoms with van der Waals surface area (Å²) in [6.07, 6.45) is 7.56. The van der Waals surface area contributed by atoms with Crippen molar-refractivity contribution < 1.29 is 17.5 Å². The van der Waals surface area contributed by atoms with Crippen molar-refractivity contribution in [1.82, 2.24) is 0 Å². The largest absolute Gasteiger partial charge is 2.00 e. The second-order valence-corrected chi connectivity index (χ2v) is 3.45. The van der Waals surface area contributed by atoms with E-state index in [2.05, 4.69) is 0 Å². The molecular weight excluding hydrogens is 184 g/mol. The second-order valence-electron chi connectivity index (χ2n) is 3.45. The predicted octanol–water partition coefficient (Wildman–Crippen LogP) is -1.53. The molecule has 0 heterocycles. The van der Waals surface area contributed by atoms with E-state index in [4.69, 9.17) is 0 Å². The van der Waals surface area contributed by atoms with Gasteiger partial charge >= 0.3 is 23.1 Å². The fraction of sp³-hybridized carbons (Fsp3) is 1.00. The molecule has 0 aliphatic heterocycles. The minimum atomic E-state index is -0.545. The van der Waals surface area contributed by atoms with Gasteiger partial charge in [-0.15, -0.1) is 5.60 Å². The van der Waals surface area contributed by atoms with E-state index < -0.39 is 5.60 Å². The van der Waals surface area contributed by atoms with Crippen LogP contribution in [0.5, 0.6) is 0 Å². The monoisotopic (exact) mass is 200 g/mol. The van der Waals surface area contributed by atoms with Crippen LogP contribution in [0.2, 0.25) is 0 Å². The van der Waals surface area contributed by atoms with Crippen LogP contribution in [0, 0.1) is 0 Å². The van der Waals surface area contributed by atoms with E-state index in [0.717, 1.165) is 32.1 Å². The summed E-state index contributed by atoms with van der Waals surface area (Å²) in [5, 5.41) is 11.7. The van der Waals surface area contributed by atoms with Gasteiger partial charge in [0.05, 0.1) is 0 Å². The molecule has 0 saturated heterocycles. The van der Waals surface area contributed by atoms with Gasteiger partial charge < -0.3 is 17.5 Å². The zero-order valence-corrected chi connectivity index (χ0v) is 10.1. The van der Waals surface area contributed by atoms with Crippen LogP contribution in [-0.4, -0.2) is 28.7 Å². The maximum absolute atomic E-state index is 11.7. The molecule has 12 heavy (non-hydrogen) atoms. The summed E-state index contributed by atoms with van der Waals surface area (Å²) < 4.78 is 0. The van der Waals surface area contributed by atoms with Crippen molar-refractivity contribution in [3.05, 3.63) is 0 Å². The van der Waals surface area contributed by atoms with Crippen molar-refractivity contribution in [3.63, 3.8) is 0 Å². The number of halogens is 1. The minimum absolute atomic E-state index is 0. The van der Waals surface area contributed by atoms with E-state index in [1.54, 1.807) is 0 Å². The summed E-state index contributed by atoms with van der Waals surface area (Å²) in [4.78, 5) is 0. The SMILES string of the molecule is CCC1([O-])CCCCCC1.[Cl-].[Mg+2]. The summed E-state index contributed by atoms with van der Waals surface area (Å²) in [5.41, 5.74) is -0.545. The Hall–Kier alpha value is 1.02. The summed E-state index contributed by atoms with van der Waals surface area (Å²) in [6, 6.07) is 0. The molecule has 0 amide bonds. The van der Waals surface area contributed by atoms with Crippen molar-refractivity contribution in [2.75, 3.05) is 0 Å². The topological polar surface area (TPSA) is 23.1 Å². The normalized spacial score (nSPS) is 21.5. The Labute approximate surface area is 97.9 Å². The first kappa shape index (κ1) is 15.5. The number of rotatable bonds is 1. The molecule has 1 saturated carbocycles. The van der Waals surface area contributed by atoms with E-state index in [9.17, 15) is 5.11 Å². The predicted molar refractivity (Wildman–Crippen MR) is 46.5 cm³/mol. The fourth-order valence-corrected chi connectivity index (χ4v) is 1.73. The Bertz CT molecular complexity index is 101. The molecule has 0 aromatic rings. The molecule has 3 heteroatoms. The molecule has 1 rings (SSSR count). The van der Waals surface area contributed by atoms with Gasteiger partial charge in [-0.25, -0.2) is 0 Å². The van der Waals surface area contributed by atoms with Gasteiger partial charge in [0, 0.05) is 0 Å². The molecule has 0 radical (unpaired) electrons. The van der Waals surface area contributed by atoms with Gasteiger partial charge in [-0.05, 0) is 0 Å². The Morgan fingerprint density at radius 3 is 1.83 bits per heavy atom. The molecule has 1 nitrogen and oxygen atoms in total. The number of hydrogen-bond donors (Lipinski definition) is 0. The van der Waals surface area contributed by atoms with Crippen LogP contribution >= 0.6 is 0 Å². The summed E-state index contributed by atoms with van der Waals surface area (Å²) >= 11 is 0. The molecule has 0 atom stereocenters. The summed E-state index contributed by atoms with van der Waals surface area (Å²) in [7, 11) is 0. The molecule has 68 valence electrons.